The molecule has 2 saturated heterocycles. The minimum absolute atomic E-state index is 0.0600. The quantitative estimate of drug-likeness (QED) is 0.480. The van der Waals surface area contributed by atoms with Crippen molar-refractivity contribution in [1.82, 2.24) is 29.6 Å². The summed E-state index contributed by atoms with van der Waals surface area (Å²) in [6.45, 7) is 1.68. The molecule has 6 rings (SSSR count). The molecule has 0 N–H and O–H groups in total. The van der Waals surface area contributed by atoms with Crippen LogP contribution < -0.4 is 4.74 Å². The highest BCUT2D eigenvalue weighted by Gasteiger charge is 2.39. The van der Waals surface area contributed by atoms with Crippen molar-refractivity contribution in [3.8, 4) is 17.1 Å². The number of benzene rings is 1. The summed E-state index contributed by atoms with van der Waals surface area (Å²) in [5.74, 6) is -2.35. The fraction of sp³-hybridized carbons (Fsp3) is 0.370. The third kappa shape index (κ3) is 4.75. The molecule has 1 atom stereocenters. The molecule has 13 heteroatoms. The van der Waals surface area contributed by atoms with Crippen molar-refractivity contribution in [1.29, 1.82) is 0 Å². The SMILES string of the molecule is Cn1ncc(C(=O)N2CCCC2)c1-c1cc(OC2CN(C(=O)N3N=CC[C@H]3c3cc(F)cc(F)c3)C2)c(F)cn1. The number of hydrazone groups is 1. The fourth-order valence-electron chi connectivity index (χ4n) is 5.26. The Morgan fingerprint density at radius 2 is 1.70 bits per heavy atom. The predicted octanol–water partition coefficient (Wildman–Crippen LogP) is 3.75. The summed E-state index contributed by atoms with van der Waals surface area (Å²) in [4.78, 5) is 33.5. The van der Waals surface area contributed by atoms with E-state index < -0.39 is 35.6 Å². The molecule has 10 nitrogen and oxygen atoms in total. The molecule has 3 aromatic rings. The summed E-state index contributed by atoms with van der Waals surface area (Å²) in [6, 6.07) is 3.49. The van der Waals surface area contributed by atoms with Crippen molar-refractivity contribution in [2.24, 2.45) is 12.1 Å². The number of aryl methyl sites for hydroxylation is 1. The Bertz CT molecular complexity index is 1480. The van der Waals surface area contributed by atoms with Gasteiger partial charge in [-0.2, -0.15) is 10.2 Å². The van der Waals surface area contributed by atoms with Gasteiger partial charge in [0.25, 0.3) is 5.91 Å². The predicted molar refractivity (Wildman–Crippen MR) is 137 cm³/mol. The maximum atomic E-state index is 14.7. The highest BCUT2D eigenvalue weighted by atomic mass is 19.1. The first-order valence-corrected chi connectivity index (χ1v) is 13.0. The number of amides is 3. The molecule has 0 unspecified atom stereocenters. The molecule has 0 radical (unpaired) electrons. The molecule has 1 aromatic carbocycles. The Hall–Kier alpha value is -4.42. The van der Waals surface area contributed by atoms with Crippen LogP contribution in [-0.2, 0) is 7.05 Å². The first kappa shape index (κ1) is 25.8. The van der Waals surface area contributed by atoms with Crippen LogP contribution >= 0.6 is 0 Å². The minimum atomic E-state index is -0.732. The van der Waals surface area contributed by atoms with Crippen LogP contribution in [0.4, 0.5) is 18.0 Å². The summed E-state index contributed by atoms with van der Waals surface area (Å²) < 4.78 is 49.5. The van der Waals surface area contributed by atoms with Crippen molar-refractivity contribution in [2.45, 2.75) is 31.4 Å². The summed E-state index contributed by atoms with van der Waals surface area (Å²) in [5.41, 5.74) is 1.48. The number of urea groups is 1. The lowest BCUT2D eigenvalue weighted by Crippen LogP contribution is -2.58. The van der Waals surface area contributed by atoms with Gasteiger partial charge in [0.15, 0.2) is 11.6 Å². The average molecular weight is 554 g/mol. The largest absolute Gasteiger partial charge is 0.483 e. The van der Waals surface area contributed by atoms with Gasteiger partial charge in [0.05, 0.1) is 48.5 Å². The van der Waals surface area contributed by atoms with Crippen LogP contribution in [0.5, 0.6) is 5.75 Å². The van der Waals surface area contributed by atoms with Crippen LogP contribution in [0, 0.1) is 17.5 Å². The molecule has 0 aliphatic carbocycles. The van der Waals surface area contributed by atoms with Crippen LogP contribution in [-0.4, -0.2) is 80.0 Å². The number of aromatic nitrogens is 3. The zero-order valence-corrected chi connectivity index (χ0v) is 21.6. The zero-order chi connectivity index (χ0) is 28.0. The molecule has 3 aliphatic rings. The Labute approximate surface area is 227 Å². The number of hydrogen-bond donors (Lipinski definition) is 0. The average Bonchev–Trinajstić information content (AvgIpc) is 3.67. The topological polar surface area (TPSA) is 96.2 Å². The number of ether oxygens (including phenoxy) is 1. The molecule has 208 valence electrons. The number of pyridine rings is 1. The second-order valence-corrected chi connectivity index (χ2v) is 10.1. The molecule has 3 aliphatic heterocycles. The number of nitrogens with zero attached hydrogens (tertiary/aromatic N) is 7. The molecule has 0 spiro atoms. The van der Waals surface area contributed by atoms with E-state index in [9.17, 15) is 22.8 Å². The molecule has 2 aromatic heterocycles. The first-order valence-electron chi connectivity index (χ1n) is 13.0. The van der Waals surface area contributed by atoms with Crippen molar-refractivity contribution < 1.29 is 27.5 Å². The smallest absolute Gasteiger partial charge is 0.341 e. The van der Waals surface area contributed by atoms with Crippen molar-refractivity contribution in [3.05, 3.63) is 65.2 Å². The first-order chi connectivity index (χ1) is 19.3. The van der Waals surface area contributed by atoms with E-state index in [0.29, 0.717) is 42.0 Å². The van der Waals surface area contributed by atoms with Gasteiger partial charge in [-0.25, -0.2) is 23.0 Å². The zero-order valence-electron chi connectivity index (χ0n) is 21.6. The van der Waals surface area contributed by atoms with Crippen molar-refractivity contribution in [2.75, 3.05) is 26.2 Å². The van der Waals surface area contributed by atoms with E-state index in [0.717, 1.165) is 25.1 Å². The number of likely N-dealkylation sites (tertiary alicyclic amines) is 2. The lowest BCUT2D eigenvalue weighted by molar-refractivity contribution is 0.0256. The van der Waals surface area contributed by atoms with Gasteiger partial charge in [-0.05, 0) is 30.5 Å². The van der Waals surface area contributed by atoms with E-state index in [2.05, 4.69) is 15.2 Å². The second-order valence-electron chi connectivity index (χ2n) is 10.1. The van der Waals surface area contributed by atoms with E-state index in [-0.39, 0.29) is 24.7 Å². The van der Waals surface area contributed by atoms with Crippen LogP contribution in [0.2, 0.25) is 0 Å². The summed E-state index contributed by atoms with van der Waals surface area (Å²) in [5, 5.41) is 9.52. The van der Waals surface area contributed by atoms with Gasteiger partial charge in [0.2, 0.25) is 0 Å². The van der Waals surface area contributed by atoms with Crippen LogP contribution in [0.15, 0.2) is 41.8 Å². The molecular weight excluding hydrogens is 527 g/mol. The van der Waals surface area contributed by atoms with Gasteiger partial charge in [0.1, 0.15) is 17.7 Å². The van der Waals surface area contributed by atoms with Gasteiger partial charge in [-0.1, -0.05) is 0 Å². The highest BCUT2D eigenvalue weighted by molar-refractivity contribution is 5.99. The number of carbonyl (C=O) groups excluding carboxylic acids is 2. The number of hydrogen-bond acceptors (Lipinski definition) is 6. The van der Waals surface area contributed by atoms with Crippen molar-refractivity contribution in [3.63, 3.8) is 0 Å². The Balaban J connectivity index is 1.13. The van der Waals surface area contributed by atoms with Crippen molar-refractivity contribution >= 4 is 18.2 Å². The Morgan fingerprint density at radius 3 is 2.42 bits per heavy atom. The molecule has 0 bridgehead atoms. The molecular formula is C27H26F3N7O3. The van der Waals surface area contributed by atoms with E-state index in [4.69, 9.17) is 4.74 Å². The van der Waals surface area contributed by atoms with Gasteiger partial charge in [0, 0.05) is 44.9 Å². The molecule has 40 heavy (non-hydrogen) atoms. The maximum absolute atomic E-state index is 14.7. The molecule has 0 saturated carbocycles. The van der Waals surface area contributed by atoms with Gasteiger partial charge in [-0.15, -0.1) is 0 Å². The summed E-state index contributed by atoms with van der Waals surface area (Å²) in [6.07, 6.45) is 5.76. The van der Waals surface area contributed by atoms with E-state index in [1.165, 1.54) is 45.2 Å². The third-order valence-electron chi connectivity index (χ3n) is 7.33. The maximum Gasteiger partial charge on any atom is 0.341 e. The Kier molecular flexibility index (Phi) is 6.64. The number of rotatable bonds is 5. The minimum Gasteiger partial charge on any atom is -0.483 e. The lowest BCUT2D eigenvalue weighted by atomic mass is 10.0. The molecule has 2 fully saturated rings. The van der Waals surface area contributed by atoms with Gasteiger partial charge < -0.3 is 14.5 Å². The van der Waals surface area contributed by atoms with E-state index in [1.54, 1.807) is 11.9 Å². The normalized spacial score (nSPS) is 18.9. The molecule has 5 heterocycles. The van der Waals surface area contributed by atoms with Crippen LogP contribution in [0.1, 0.15) is 41.2 Å². The summed E-state index contributed by atoms with van der Waals surface area (Å²) in [7, 11) is 1.68. The van der Waals surface area contributed by atoms with E-state index in [1.807, 2.05) is 0 Å². The lowest BCUT2D eigenvalue weighted by Gasteiger charge is -2.41. The number of carbonyl (C=O) groups is 2. The standard InChI is InChI=1S/C27H26F3N7O3/c1-34-25(20(12-33-34)26(38)35-6-2-3-7-35)22-11-24(21(30)13-31-22)40-19-14-36(15-19)27(39)37-23(4-5-32-37)16-8-17(28)10-18(29)9-16/h5,8-13,19,23H,2-4,6-7,14-15H2,1H3/t23-/m0/s1. The summed E-state index contributed by atoms with van der Waals surface area (Å²) >= 11 is 0. The monoisotopic (exact) mass is 553 g/mol. The van der Waals surface area contributed by atoms with E-state index >= 15 is 0 Å². The number of halogens is 3. The third-order valence-corrected chi connectivity index (χ3v) is 7.33. The van der Waals surface area contributed by atoms with Crippen LogP contribution in [0.25, 0.3) is 11.4 Å². The highest BCUT2D eigenvalue weighted by Crippen LogP contribution is 2.33. The molecule has 3 amide bonds. The Morgan fingerprint density at radius 1 is 0.975 bits per heavy atom. The fourth-order valence-corrected chi connectivity index (χ4v) is 5.26. The van der Waals surface area contributed by atoms with Crippen LogP contribution in [0.3, 0.4) is 0 Å². The van der Waals surface area contributed by atoms with Gasteiger partial charge in [-0.3, -0.25) is 14.5 Å². The second kappa shape index (κ2) is 10.3. The van der Waals surface area contributed by atoms with Gasteiger partial charge >= 0.3 is 6.03 Å².